The number of nitrogens with zero attached hydrogens (tertiary/aromatic N) is 6. The lowest BCUT2D eigenvalue weighted by atomic mass is 9.89. The Bertz CT molecular complexity index is 1120. The number of para-hydroxylation sites is 2. The lowest BCUT2D eigenvalue weighted by molar-refractivity contribution is 0.120. The van der Waals surface area contributed by atoms with Gasteiger partial charge in [0.15, 0.2) is 0 Å². The van der Waals surface area contributed by atoms with Crippen molar-refractivity contribution in [1.29, 1.82) is 0 Å². The topological polar surface area (TPSA) is 48.4 Å². The zero-order valence-electron chi connectivity index (χ0n) is 27.0. The van der Waals surface area contributed by atoms with Crippen LogP contribution in [-0.2, 0) is 5.41 Å². The van der Waals surface area contributed by atoms with Gasteiger partial charge in [-0.05, 0) is 83.8 Å². The average Bonchev–Trinajstić information content (AvgIpc) is 2.99. The molecule has 0 atom stereocenters. The molecule has 41 heavy (non-hydrogen) atoms. The van der Waals surface area contributed by atoms with Crippen LogP contribution in [0.15, 0.2) is 60.7 Å². The van der Waals surface area contributed by atoms with Crippen LogP contribution in [0.2, 0.25) is 0 Å². The van der Waals surface area contributed by atoms with E-state index in [4.69, 9.17) is 15.0 Å². The molecule has 3 aromatic rings. The van der Waals surface area contributed by atoms with E-state index in [9.17, 15) is 0 Å². The van der Waals surface area contributed by atoms with Gasteiger partial charge in [-0.2, -0.15) is 15.0 Å². The normalized spacial score (nSPS) is 12.1. The van der Waals surface area contributed by atoms with Crippen LogP contribution >= 0.6 is 0 Å². The van der Waals surface area contributed by atoms with Gasteiger partial charge in [-0.25, -0.2) is 0 Å². The van der Waals surface area contributed by atoms with E-state index in [0.29, 0.717) is 5.95 Å². The van der Waals surface area contributed by atoms with Gasteiger partial charge in [0.2, 0.25) is 11.9 Å². The number of unbranched alkanes of at least 4 members (excludes halogenated alkanes) is 3. The SMILES string of the molecule is CCN(CCCCCCN(CC)C(C)(C)CC)c1nc(N(c2ccccc2)c2ccccc2)nc(C(C)(C)CC)n1. The van der Waals surface area contributed by atoms with Crippen LogP contribution in [0, 0.1) is 0 Å². The fourth-order valence-electron chi connectivity index (χ4n) is 5.06. The third-order valence-corrected chi connectivity index (χ3v) is 8.70. The second-order valence-corrected chi connectivity index (χ2v) is 12.2. The smallest absolute Gasteiger partial charge is 0.239 e. The maximum absolute atomic E-state index is 5.11. The Morgan fingerprint density at radius 1 is 0.585 bits per heavy atom. The third-order valence-electron chi connectivity index (χ3n) is 8.70. The fourth-order valence-corrected chi connectivity index (χ4v) is 5.06. The van der Waals surface area contributed by atoms with Crippen LogP contribution in [0.4, 0.5) is 23.3 Å². The minimum Gasteiger partial charge on any atom is -0.341 e. The molecule has 0 aliphatic carbocycles. The molecule has 6 heteroatoms. The lowest BCUT2D eigenvalue weighted by Crippen LogP contribution is -2.43. The van der Waals surface area contributed by atoms with Gasteiger partial charge < -0.3 is 4.90 Å². The zero-order valence-corrected chi connectivity index (χ0v) is 27.0. The Balaban J connectivity index is 1.83. The molecule has 6 nitrogen and oxygen atoms in total. The number of hydrogen-bond acceptors (Lipinski definition) is 6. The summed E-state index contributed by atoms with van der Waals surface area (Å²) in [6, 6.07) is 20.8. The van der Waals surface area contributed by atoms with E-state index < -0.39 is 0 Å². The molecule has 0 aliphatic heterocycles. The van der Waals surface area contributed by atoms with Crippen molar-refractivity contribution in [3.05, 3.63) is 66.5 Å². The highest BCUT2D eigenvalue weighted by Crippen LogP contribution is 2.34. The van der Waals surface area contributed by atoms with E-state index in [1.807, 2.05) is 12.1 Å². The maximum atomic E-state index is 5.11. The number of hydrogen-bond donors (Lipinski definition) is 0. The first-order valence-electron chi connectivity index (χ1n) is 15.8. The molecule has 0 amide bonds. The van der Waals surface area contributed by atoms with Crippen LogP contribution in [0.25, 0.3) is 0 Å². The summed E-state index contributed by atoms with van der Waals surface area (Å²) in [6.45, 7) is 22.3. The highest BCUT2D eigenvalue weighted by molar-refractivity contribution is 5.72. The first-order valence-corrected chi connectivity index (χ1v) is 15.8. The van der Waals surface area contributed by atoms with Crippen LogP contribution in [-0.4, -0.2) is 51.6 Å². The maximum Gasteiger partial charge on any atom is 0.239 e. The summed E-state index contributed by atoms with van der Waals surface area (Å²) in [7, 11) is 0. The predicted octanol–water partition coefficient (Wildman–Crippen LogP) is 8.93. The van der Waals surface area contributed by atoms with Crippen LogP contribution in [0.5, 0.6) is 0 Å². The summed E-state index contributed by atoms with van der Waals surface area (Å²) in [5.41, 5.74) is 2.18. The molecular formula is C35H54N6. The molecule has 2 aromatic carbocycles. The van der Waals surface area contributed by atoms with Gasteiger partial charge in [0, 0.05) is 35.4 Å². The van der Waals surface area contributed by atoms with Crippen LogP contribution in [0.1, 0.15) is 99.7 Å². The molecule has 3 rings (SSSR count). The van der Waals surface area contributed by atoms with Crippen LogP contribution in [0.3, 0.4) is 0 Å². The molecule has 0 fully saturated rings. The van der Waals surface area contributed by atoms with Crippen molar-refractivity contribution in [3.63, 3.8) is 0 Å². The number of aromatic nitrogens is 3. The quantitative estimate of drug-likeness (QED) is 0.154. The van der Waals surface area contributed by atoms with E-state index in [-0.39, 0.29) is 11.0 Å². The largest absolute Gasteiger partial charge is 0.341 e. The highest BCUT2D eigenvalue weighted by atomic mass is 15.3. The van der Waals surface area contributed by atoms with Gasteiger partial charge >= 0.3 is 0 Å². The third kappa shape index (κ3) is 8.75. The fraction of sp³-hybridized carbons (Fsp3) is 0.571. The number of benzene rings is 2. The van der Waals surface area contributed by atoms with Gasteiger partial charge in [-0.3, -0.25) is 9.80 Å². The standard InChI is InChI=1S/C35H54N6/c1-9-34(5,6)31-36-32(39(11-3)27-21-13-14-22-28-40(12-4)35(7,8)10-2)38-33(37-31)41(29-23-17-15-18-24-29)30-25-19-16-20-26-30/h15-20,23-26H,9-14,21-22,27-28H2,1-8H3. The molecule has 0 N–H and O–H groups in total. The van der Waals surface area contributed by atoms with E-state index in [1.54, 1.807) is 0 Å². The summed E-state index contributed by atoms with van der Waals surface area (Å²) in [6.07, 6.45) is 6.97. The van der Waals surface area contributed by atoms with Crippen molar-refractivity contribution in [3.8, 4) is 0 Å². The molecule has 0 radical (unpaired) electrons. The molecule has 0 saturated heterocycles. The van der Waals surface area contributed by atoms with Crippen molar-refractivity contribution < 1.29 is 0 Å². The zero-order chi connectivity index (χ0) is 29.9. The first kappa shape index (κ1) is 32.5. The molecule has 0 aliphatic rings. The summed E-state index contributed by atoms with van der Waals surface area (Å²) in [5.74, 6) is 2.28. The summed E-state index contributed by atoms with van der Waals surface area (Å²) < 4.78 is 0. The van der Waals surface area contributed by atoms with Gasteiger partial charge in [0.1, 0.15) is 5.82 Å². The van der Waals surface area contributed by atoms with E-state index in [1.165, 1.54) is 32.2 Å². The Morgan fingerprint density at radius 3 is 1.61 bits per heavy atom. The summed E-state index contributed by atoms with van der Waals surface area (Å²) >= 11 is 0. The molecule has 0 spiro atoms. The molecule has 224 valence electrons. The number of rotatable bonds is 17. The van der Waals surface area contributed by atoms with Gasteiger partial charge in [0.05, 0.1) is 0 Å². The van der Waals surface area contributed by atoms with E-state index in [2.05, 4.69) is 119 Å². The van der Waals surface area contributed by atoms with Crippen molar-refractivity contribution in [2.45, 2.75) is 105 Å². The predicted molar refractivity (Wildman–Crippen MR) is 176 cm³/mol. The monoisotopic (exact) mass is 558 g/mol. The molecule has 0 unspecified atom stereocenters. The van der Waals surface area contributed by atoms with Gasteiger partial charge in [0.25, 0.3) is 0 Å². The van der Waals surface area contributed by atoms with Crippen molar-refractivity contribution in [2.24, 2.45) is 0 Å². The van der Waals surface area contributed by atoms with Crippen molar-refractivity contribution in [1.82, 2.24) is 19.9 Å². The van der Waals surface area contributed by atoms with E-state index >= 15 is 0 Å². The Hall–Kier alpha value is -2.99. The van der Waals surface area contributed by atoms with Crippen molar-refractivity contribution in [2.75, 3.05) is 36.0 Å². The molecule has 1 aromatic heterocycles. The lowest BCUT2D eigenvalue weighted by Gasteiger charge is -2.37. The van der Waals surface area contributed by atoms with E-state index in [0.717, 1.165) is 55.6 Å². The van der Waals surface area contributed by atoms with Crippen molar-refractivity contribution >= 4 is 23.3 Å². The minimum atomic E-state index is -0.164. The molecular weight excluding hydrogens is 504 g/mol. The average molecular weight is 559 g/mol. The van der Waals surface area contributed by atoms with Gasteiger partial charge in [-0.15, -0.1) is 0 Å². The Morgan fingerprint density at radius 2 is 1.12 bits per heavy atom. The molecule has 0 bridgehead atoms. The van der Waals surface area contributed by atoms with Crippen LogP contribution < -0.4 is 9.80 Å². The second kappa shape index (κ2) is 15.3. The summed E-state index contributed by atoms with van der Waals surface area (Å²) in [4.78, 5) is 22.4. The molecule has 0 saturated carbocycles. The highest BCUT2D eigenvalue weighted by Gasteiger charge is 2.27. The minimum absolute atomic E-state index is 0.164. The molecule has 1 heterocycles. The Labute approximate surface area is 250 Å². The van der Waals surface area contributed by atoms with Gasteiger partial charge in [-0.1, -0.05) is 83.9 Å². The first-order chi connectivity index (χ1) is 19.7. The Kier molecular flexibility index (Phi) is 12.1. The second-order valence-electron chi connectivity index (χ2n) is 12.2. The summed E-state index contributed by atoms with van der Waals surface area (Å²) in [5, 5.41) is 0. The number of anilines is 4.